The zero-order valence-corrected chi connectivity index (χ0v) is 8.83. The van der Waals surface area contributed by atoms with Gasteiger partial charge in [-0.05, 0) is 25.0 Å². The number of hydrogen-bond acceptors (Lipinski definition) is 4. The Labute approximate surface area is 84.9 Å². The average molecular weight is 194 g/mol. The van der Waals surface area contributed by atoms with Crippen LogP contribution in [0.1, 0.15) is 33.1 Å². The lowest BCUT2D eigenvalue weighted by Crippen LogP contribution is -2.19. The van der Waals surface area contributed by atoms with Crippen LogP contribution in [0.15, 0.2) is 12.1 Å². The highest BCUT2D eigenvalue weighted by Gasteiger charge is 2.05. The summed E-state index contributed by atoms with van der Waals surface area (Å²) in [5, 5.41) is 11.1. The maximum Gasteiger partial charge on any atom is 0.149 e. The Morgan fingerprint density at radius 1 is 1.36 bits per heavy atom. The average Bonchev–Trinajstić information content (AvgIpc) is 2.20. The van der Waals surface area contributed by atoms with E-state index in [1.807, 2.05) is 6.07 Å². The Hall–Kier alpha value is -1.32. The molecule has 1 unspecified atom stereocenters. The van der Waals surface area contributed by atoms with E-state index in [4.69, 9.17) is 5.73 Å². The molecule has 0 saturated heterocycles. The van der Waals surface area contributed by atoms with E-state index in [0.717, 1.165) is 18.7 Å². The SMILES string of the molecule is CCCC(CC)Nc1ccc(N)nn1. The van der Waals surface area contributed by atoms with Crippen molar-refractivity contribution in [3.8, 4) is 0 Å². The molecule has 1 aromatic rings. The molecule has 14 heavy (non-hydrogen) atoms. The van der Waals surface area contributed by atoms with Gasteiger partial charge < -0.3 is 11.1 Å². The van der Waals surface area contributed by atoms with Gasteiger partial charge in [0, 0.05) is 6.04 Å². The van der Waals surface area contributed by atoms with Gasteiger partial charge in [0.05, 0.1) is 0 Å². The molecule has 0 radical (unpaired) electrons. The van der Waals surface area contributed by atoms with E-state index in [0.29, 0.717) is 11.9 Å². The number of nitrogens with one attached hydrogen (secondary N) is 1. The van der Waals surface area contributed by atoms with E-state index in [9.17, 15) is 0 Å². The molecule has 0 spiro atoms. The molecule has 78 valence electrons. The normalized spacial score (nSPS) is 12.4. The summed E-state index contributed by atoms with van der Waals surface area (Å²) in [6, 6.07) is 4.10. The Morgan fingerprint density at radius 3 is 2.64 bits per heavy atom. The van der Waals surface area contributed by atoms with Gasteiger partial charge >= 0.3 is 0 Å². The van der Waals surface area contributed by atoms with Crippen molar-refractivity contribution in [1.82, 2.24) is 10.2 Å². The van der Waals surface area contributed by atoms with Gasteiger partial charge in [-0.15, -0.1) is 10.2 Å². The molecule has 0 amide bonds. The zero-order valence-electron chi connectivity index (χ0n) is 8.83. The quantitative estimate of drug-likeness (QED) is 0.753. The van der Waals surface area contributed by atoms with Gasteiger partial charge in [0.15, 0.2) is 0 Å². The topological polar surface area (TPSA) is 63.8 Å². The summed E-state index contributed by atoms with van der Waals surface area (Å²) < 4.78 is 0. The first-order valence-electron chi connectivity index (χ1n) is 5.12. The van der Waals surface area contributed by atoms with Crippen molar-refractivity contribution in [3.05, 3.63) is 12.1 Å². The smallest absolute Gasteiger partial charge is 0.149 e. The molecule has 0 saturated carbocycles. The van der Waals surface area contributed by atoms with Crippen LogP contribution in [0.3, 0.4) is 0 Å². The number of nitrogen functional groups attached to an aromatic ring is 1. The van der Waals surface area contributed by atoms with Gasteiger partial charge in [0.25, 0.3) is 0 Å². The monoisotopic (exact) mass is 194 g/mol. The molecule has 1 rings (SSSR count). The molecule has 1 aromatic heterocycles. The van der Waals surface area contributed by atoms with Gasteiger partial charge in [-0.2, -0.15) is 0 Å². The van der Waals surface area contributed by atoms with Gasteiger partial charge in [-0.1, -0.05) is 20.3 Å². The van der Waals surface area contributed by atoms with Crippen molar-refractivity contribution in [2.24, 2.45) is 0 Å². The van der Waals surface area contributed by atoms with Crippen LogP contribution in [0, 0.1) is 0 Å². The lowest BCUT2D eigenvalue weighted by Gasteiger charge is -2.15. The Balaban J connectivity index is 2.53. The van der Waals surface area contributed by atoms with Crippen molar-refractivity contribution in [2.45, 2.75) is 39.2 Å². The predicted octanol–water partition coefficient (Wildman–Crippen LogP) is 2.05. The number of nitrogens with two attached hydrogens (primary N) is 1. The van der Waals surface area contributed by atoms with E-state index in [1.54, 1.807) is 6.07 Å². The molecule has 1 atom stereocenters. The molecule has 0 aromatic carbocycles. The van der Waals surface area contributed by atoms with Crippen LogP contribution < -0.4 is 11.1 Å². The number of rotatable bonds is 5. The number of aromatic nitrogens is 2. The molecule has 0 aliphatic rings. The van der Waals surface area contributed by atoms with Gasteiger partial charge in [0.2, 0.25) is 0 Å². The standard InChI is InChI=1S/C10H18N4/c1-3-5-8(4-2)12-10-7-6-9(11)13-14-10/h6-8H,3-5H2,1-2H3,(H2,11,13)(H,12,14). The van der Waals surface area contributed by atoms with Crippen LogP contribution in [-0.4, -0.2) is 16.2 Å². The van der Waals surface area contributed by atoms with Crippen molar-refractivity contribution >= 4 is 11.6 Å². The van der Waals surface area contributed by atoms with Gasteiger partial charge in [-0.25, -0.2) is 0 Å². The van der Waals surface area contributed by atoms with Crippen LogP contribution in [0.2, 0.25) is 0 Å². The van der Waals surface area contributed by atoms with Crippen LogP contribution in [0.4, 0.5) is 11.6 Å². The summed E-state index contributed by atoms with van der Waals surface area (Å²) in [5.41, 5.74) is 5.45. The second kappa shape index (κ2) is 5.42. The zero-order chi connectivity index (χ0) is 10.4. The number of nitrogens with zero attached hydrogens (tertiary/aromatic N) is 2. The second-order valence-corrected chi connectivity index (χ2v) is 3.38. The number of hydrogen-bond donors (Lipinski definition) is 2. The van der Waals surface area contributed by atoms with Gasteiger partial charge in [0.1, 0.15) is 11.6 Å². The third-order valence-corrected chi connectivity index (χ3v) is 2.17. The maximum absolute atomic E-state index is 5.45. The van der Waals surface area contributed by atoms with Crippen molar-refractivity contribution in [1.29, 1.82) is 0 Å². The lowest BCUT2D eigenvalue weighted by atomic mass is 10.1. The minimum absolute atomic E-state index is 0.457. The Kier molecular flexibility index (Phi) is 4.16. The summed E-state index contributed by atoms with van der Waals surface area (Å²) in [5.74, 6) is 1.26. The predicted molar refractivity (Wildman–Crippen MR) is 59.1 cm³/mol. The molecule has 0 aliphatic heterocycles. The van der Waals surface area contributed by atoms with Crippen molar-refractivity contribution < 1.29 is 0 Å². The van der Waals surface area contributed by atoms with Crippen LogP contribution in [0.25, 0.3) is 0 Å². The van der Waals surface area contributed by atoms with Crippen molar-refractivity contribution in [3.63, 3.8) is 0 Å². The first-order chi connectivity index (χ1) is 6.76. The fourth-order valence-electron chi connectivity index (χ4n) is 1.36. The Morgan fingerprint density at radius 2 is 2.14 bits per heavy atom. The first kappa shape index (κ1) is 10.8. The molecular weight excluding hydrogens is 176 g/mol. The summed E-state index contributed by atoms with van der Waals surface area (Å²) >= 11 is 0. The largest absolute Gasteiger partial charge is 0.382 e. The van der Waals surface area contributed by atoms with E-state index < -0.39 is 0 Å². The molecule has 4 nitrogen and oxygen atoms in total. The molecule has 0 bridgehead atoms. The highest BCUT2D eigenvalue weighted by Crippen LogP contribution is 2.10. The van der Waals surface area contributed by atoms with E-state index >= 15 is 0 Å². The van der Waals surface area contributed by atoms with Crippen LogP contribution in [-0.2, 0) is 0 Å². The third kappa shape index (κ3) is 3.20. The summed E-state index contributed by atoms with van der Waals surface area (Å²) in [6.07, 6.45) is 3.43. The highest BCUT2D eigenvalue weighted by molar-refractivity contribution is 5.39. The Bertz CT molecular complexity index is 257. The molecule has 0 fully saturated rings. The van der Waals surface area contributed by atoms with E-state index in [-0.39, 0.29) is 0 Å². The fourth-order valence-corrected chi connectivity index (χ4v) is 1.36. The molecule has 4 heteroatoms. The summed E-state index contributed by atoms with van der Waals surface area (Å²) in [6.45, 7) is 4.34. The van der Waals surface area contributed by atoms with Crippen molar-refractivity contribution in [2.75, 3.05) is 11.1 Å². The molecule has 0 aliphatic carbocycles. The minimum atomic E-state index is 0.457. The second-order valence-electron chi connectivity index (χ2n) is 3.38. The lowest BCUT2D eigenvalue weighted by molar-refractivity contribution is 0.619. The number of anilines is 2. The summed E-state index contributed by atoms with van der Waals surface area (Å²) in [4.78, 5) is 0. The van der Waals surface area contributed by atoms with E-state index in [1.165, 1.54) is 6.42 Å². The first-order valence-corrected chi connectivity index (χ1v) is 5.12. The molecule has 1 heterocycles. The van der Waals surface area contributed by atoms with Crippen LogP contribution in [0.5, 0.6) is 0 Å². The summed E-state index contributed by atoms with van der Waals surface area (Å²) in [7, 11) is 0. The van der Waals surface area contributed by atoms with Gasteiger partial charge in [-0.3, -0.25) is 0 Å². The fraction of sp³-hybridized carbons (Fsp3) is 0.600. The van der Waals surface area contributed by atoms with E-state index in [2.05, 4.69) is 29.4 Å². The molecule has 3 N–H and O–H groups in total. The minimum Gasteiger partial charge on any atom is -0.382 e. The highest BCUT2D eigenvalue weighted by atomic mass is 15.2. The van der Waals surface area contributed by atoms with Crippen LogP contribution >= 0.6 is 0 Å². The molecular formula is C10H18N4. The maximum atomic E-state index is 5.45. The third-order valence-electron chi connectivity index (χ3n) is 2.17.